The van der Waals surface area contributed by atoms with Gasteiger partial charge >= 0.3 is 0 Å². The van der Waals surface area contributed by atoms with E-state index in [0.29, 0.717) is 10.7 Å². The molecule has 0 saturated heterocycles. The average molecular weight is 259 g/mol. The summed E-state index contributed by atoms with van der Waals surface area (Å²) in [5.41, 5.74) is 2.18. The van der Waals surface area contributed by atoms with Gasteiger partial charge in [0.15, 0.2) is 0 Å². The summed E-state index contributed by atoms with van der Waals surface area (Å²) in [5, 5.41) is 9.49. The van der Waals surface area contributed by atoms with Crippen molar-refractivity contribution >= 4 is 11.6 Å². The van der Waals surface area contributed by atoms with E-state index >= 15 is 0 Å². The van der Waals surface area contributed by atoms with Gasteiger partial charge in [0, 0.05) is 10.7 Å². The van der Waals surface area contributed by atoms with E-state index in [2.05, 4.69) is 0 Å². The van der Waals surface area contributed by atoms with Crippen LogP contribution >= 0.6 is 11.6 Å². The third kappa shape index (κ3) is 2.03. The van der Waals surface area contributed by atoms with Crippen molar-refractivity contribution < 1.29 is 0 Å². The van der Waals surface area contributed by atoms with Crippen molar-refractivity contribution in [1.29, 1.82) is 5.26 Å². The van der Waals surface area contributed by atoms with Crippen molar-refractivity contribution in [1.82, 2.24) is 4.57 Å². The summed E-state index contributed by atoms with van der Waals surface area (Å²) in [6, 6.07) is 10.6. The number of hydrogen-bond donors (Lipinski definition) is 0. The highest BCUT2D eigenvalue weighted by molar-refractivity contribution is 6.31. The Morgan fingerprint density at radius 2 is 1.94 bits per heavy atom. The molecule has 2 aromatic rings. The van der Waals surface area contributed by atoms with E-state index in [1.807, 2.05) is 32.0 Å². The van der Waals surface area contributed by atoms with Crippen molar-refractivity contribution in [3.63, 3.8) is 0 Å². The maximum absolute atomic E-state index is 12.1. The molecule has 0 aliphatic carbocycles. The first-order valence-electron chi connectivity index (χ1n) is 5.44. The summed E-state index contributed by atoms with van der Waals surface area (Å²) in [6.07, 6.45) is 0. The molecule has 0 fully saturated rings. The summed E-state index contributed by atoms with van der Waals surface area (Å²) in [6.45, 7) is 3.71. The second kappa shape index (κ2) is 4.67. The van der Waals surface area contributed by atoms with Gasteiger partial charge in [0.25, 0.3) is 5.56 Å². The summed E-state index contributed by atoms with van der Waals surface area (Å²) in [7, 11) is 0. The number of rotatable bonds is 1. The summed E-state index contributed by atoms with van der Waals surface area (Å²) < 4.78 is 1.49. The number of aromatic nitrogens is 1. The molecule has 1 heterocycles. The van der Waals surface area contributed by atoms with Crippen LogP contribution < -0.4 is 5.56 Å². The zero-order valence-electron chi connectivity index (χ0n) is 10.1. The second-order valence-corrected chi connectivity index (χ2v) is 4.48. The van der Waals surface area contributed by atoms with E-state index in [-0.39, 0.29) is 11.1 Å². The Hall–Kier alpha value is -2.05. The van der Waals surface area contributed by atoms with Crippen molar-refractivity contribution in [2.45, 2.75) is 13.8 Å². The van der Waals surface area contributed by atoms with E-state index < -0.39 is 0 Å². The van der Waals surface area contributed by atoms with Gasteiger partial charge < -0.3 is 0 Å². The molecule has 0 radical (unpaired) electrons. The fourth-order valence-corrected chi connectivity index (χ4v) is 1.93. The summed E-state index contributed by atoms with van der Waals surface area (Å²) in [4.78, 5) is 12.1. The lowest BCUT2D eigenvalue weighted by Crippen LogP contribution is -2.22. The molecule has 0 spiro atoms. The van der Waals surface area contributed by atoms with Crippen LogP contribution in [-0.2, 0) is 0 Å². The van der Waals surface area contributed by atoms with E-state index in [9.17, 15) is 4.79 Å². The van der Waals surface area contributed by atoms with Crippen molar-refractivity contribution in [3.8, 4) is 11.8 Å². The molecular formula is C14H11ClN2O. The molecule has 1 aromatic heterocycles. The van der Waals surface area contributed by atoms with Crippen LogP contribution in [0.3, 0.4) is 0 Å². The Labute approximate surface area is 110 Å². The van der Waals surface area contributed by atoms with Crippen molar-refractivity contribution in [2.24, 2.45) is 0 Å². The van der Waals surface area contributed by atoms with Crippen LogP contribution in [0, 0.1) is 25.2 Å². The van der Waals surface area contributed by atoms with E-state index in [1.165, 1.54) is 10.6 Å². The molecule has 0 amide bonds. The third-order valence-corrected chi connectivity index (χ3v) is 3.22. The third-order valence-electron chi connectivity index (χ3n) is 2.81. The normalized spacial score (nSPS) is 10.1. The molecule has 90 valence electrons. The predicted molar refractivity (Wildman–Crippen MR) is 71.2 cm³/mol. The zero-order valence-corrected chi connectivity index (χ0v) is 10.8. The Morgan fingerprint density at radius 3 is 2.56 bits per heavy atom. The minimum Gasteiger partial charge on any atom is -0.280 e. The first kappa shape index (κ1) is 12.4. The molecule has 3 nitrogen and oxygen atoms in total. The van der Waals surface area contributed by atoms with Gasteiger partial charge in [-0.05, 0) is 43.7 Å². The topological polar surface area (TPSA) is 45.8 Å². The Kier molecular flexibility index (Phi) is 3.22. The number of nitrogens with zero attached hydrogens (tertiary/aromatic N) is 2. The van der Waals surface area contributed by atoms with E-state index in [4.69, 9.17) is 16.9 Å². The molecule has 0 aliphatic rings. The van der Waals surface area contributed by atoms with Crippen LogP contribution in [0.1, 0.15) is 16.8 Å². The number of aryl methyl sites for hydroxylation is 2. The minimum absolute atomic E-state index is 0.122. The van der Waals surface area contributed by atoms with Crippen LogP contribution in [0.25, 0.3) is 5.69 Å². The number of nitriles is 1. The maximum Gasteiger partial charge on any atom is 0.273 e. The maximum atomic E-state index is 12.1. The molecule has 0 bridgehead atoms. The van der Waals surface area contributed by atoms with Gasteiger partial charge in [0.1, 0.15) is 11.6 Å². The molecule has 2 rings (SSSR count). The number of halogens is 1. The molecular weight excluding hydrogens is 248 g/mol. The van der Waals surface area contributed by atoms with Crippen LogP contribution in [-0.4, -0.2) is 4.57 Å². The van der Waals surface area contributed by atoms with Gasteiger partial charge in [-0.25, -0.2) is 0 Å². The largest absolute Gasteiger partial charge is 0.280 e. The first-order valence-corrected chi connectivity index (χ1v) is 5.81. The number of hydrogen-bond acceptors (Lipinski definition) is 2. The van der Waals surface area contributed by atoms with Gasteiger partial charge in [-0.1, -0.05) is 17.7 Å². The molecule has 18 heavy (non-hydrogen) atoms. The zero-order chi connectivity index (χ0) is 13.3. The monoisotopic (exact) mass is 258 g/mol. The van der Waals surface area contributed by atoms with Crippen LogP contribution in [0.15, 0.2) is 35.1 Å². The van der Waals surface area contributed by atoms with Gasteiger partial charge in [-0.15, -0.1) is 0 Å². The lowest BCUT2D eigenvalue weighted by molar-refractivity contribution is 0.927. The number of pyridine rings is 1. The smallest absolute Gasteiger partial charge is 0.273 e. The van der Waals surface area contributed by atoms with Gasteiger partial charge in [-0.3, -0.25) is 9.36 Å². The molecule has 0 aliphatic heterocycles. The SMILES string of the molecule is Cc1ccc(-n2c(C)ccc(C#N)c2=O)cc1Cl. The lowest BCUT2D eigenvalue weighted by Gasteiger charge is -2.11. The van der Waals surface area contributed by atoms with Crippen molar-refractivity contribution in [3.05, 3.63) is 62.5 Å². The summed E-state index contributed by atoms with van der Waals surface area (Å²) >= 11 is 6.06. The Balaban J connectivity index is 2.75. The Morgan fingerprint density at radius 1 is 1.22 bits per heavy atom. The van der Waals surface area contributed by atoms with Crippen molar-refractivity contribution in [2.75, 3.05) is 0 Å². The van der Waals surface area contributed by atoms with Crippen LogP contribution in [0.4, 0.5) is 0 Å². The van der Waals surface area contributed by atoms with E-state index in [0.717, 1.165) is 11.3 Å². The standard InChI is InChI=1S/C14H11ClN2O/c1-9-3-6-12(7-13(9)15)17-10(2)4-5-11(8-16)14(17)18/h3-7H,1-2H3. The molecule has 0 N–H and O–H groups in total. The fraction of sp³-hybridized carbons (Fsp3) is 0.143. The fourth-order valence-electron chi connectivity index (χ4n) is 1.76. The van der Waals surface area contributed by atoms with Gasteiger partial charge in [0.2, 0.25) is 0 Å². The second-order valence-electron chi connectivity index (χ2n) is 4.07. The van der Waals surface area contributed by atoms with Crippen LogP contribution in [0.2, 0.25) is 5.02 Å². The van der Waals surface area contributed by atoms with E-state index in [1.54, 1.807) is 12.1 Å². The molecule has 1 aromatic carbocycles. The van der Waals surface area contributed by atoms with Crippen LogP contribution in [0.5, 0.6) is 0 Å². The molecule has 0 unspecified atom stereocenters. The first-order chi connectivity index (χ1) is 8.54. The Bertz CT molecular complexity index is 711. The lowest BCUT2D eigenvalue weighted by atomic mass is 10.2. The minimum atomic E-state index is -0.322. The average Bonchev–Trinajstić information content (AvgIpc) is 2.34. The molecule has 0 saturated carbocycles. The predicted octanol–water partition coefficient (Wildman–Crippen LogP) is 2.98. The highest BCUT2D eigenvalue weighted by Gasteiger charge is 2.08. The van der Waals surface area contributed by atoms with Gasteiger partial charge in [0.05, 0.1) is 5.69 Å². The molecule has 4 heteroatoms. The molecule has 0 atom stereocenters. The number of benzene rings is 1. The quantitative estimate of drug-likeness (QED) is 0.789. The summed E-state index contributed by atoms with van der Waals surface area (Å²) in [5.74, 6) is 0. The highest BCUT2D eigenvalue weighted by atomic mass is 35.5. The highest BCUT2D eigenvalue weighted by Crippen LogP contribution is 2.19. The van der Waals surface area contributed by atoms with Gasteiger partial charge in [-0.2, -0.15) is 5.26 Å².